The lowest BCUT2D eigenvalue weighted by molar-refractivity contribution is -0.137. The number of rotatable bonds is 2. The van der Waals surface area contributed by atoms with Crippen molar-refractivity contribution >= 4 is 5.97 Å². The van der Waals surface area contributed by atoms with Crippen LogP contribution >= 0.6 is 0 Å². The summed E-state index contributed by atoms with van der Waals surface area (Å²) in [6, 6.07) is 2.00. The van der Waals surface area contributed by atoms with E-state index in [0.29, 0.717) is 5.69 Å². The molecule has 0 atom stereocenters. The van der Waals surface area contributed by atoms with E-state index in [1.807, 2.05) is 6.07 Å². The minimum absolute atomic E-state index is 0.149. The Labute approximate surface area is 80.6 Å². The second-order valence-electron chi connectivity index (χ2n) is 3.29. The molecule has 1 aliphatic rings. The maximum absolute atomic E-state index is 10.5. The Morgan fingerprint density at radius 1 is 1.64 bits per heavy atom. The van der Waals surface area contributed by atoms with Gasteiger partial charge in [-0.25, -0.2) is 0 Å². The summed E-state index contributed by atoms with van der Waals surface area (Å²) < 4.78 is 1.43. The van der Waals surface area contributed by atoms with E-state index in [2.05, 4.69) is 5.10 Å². The Morgan fingerprint density at radius 3 is 3.07 bits per heavy atom. The van der Waals surface area contributed by atoms with Crippen LogP contribution in [-0.4, -0.2) is 20.9 Å². The number of fused-ring (bicyclic) bond motifs is 1. The third kappa shape index (κ3) is 1.25. The molecule has 0 spiro atoms. The molecule has 0 aromatic carbocycles. The Morgan fingerprint density at radius 2 is 2.43 bits per heavy atom. The molecule has 0 saturated carbocycles. The van der Waals surface area contributed by atoms with Crippen LogP contribution in [0.5, 0.6) is 0 Å². The van der Waals surface area contributed by atoms with Gasteiger partial charge in [0, 0.05) is 11.3 Å². The SMILES string of the molecule is N#Cc1nn(CC(=O)O)c2c1CCC2. The molecule has 1 aliphatic carbocycles. The van der Waals surface area contributed by atoms with Crippen molar-refractivity contribution in [2.75, 3.05) is 0 Å². The van der Waals surface area contributed by atoms with Crippen LogP contribution in [0.25, 0.3) is 0 Å². The number of nitrogens with zero attached hydrogens (tertiary/aromatic N) is 3. The average Bonchev–Trinajstić information content (AvgIpc) is 2.67. The van der Waals surface area contributed by atoms with Crippen molar-refractivity contribution in [2.45, 2.75) is 25.8 Å². The Hall–Kier alpha value is -1.83. The van der Waals surface area contributed by atoms with E-state index in [4.69, 9.17) is 10.4 Å². The van der Waals surface area contributed by atoms with Crippen LogP contribution < -0.4 is 0 Å². The molecule has 0 radical (unpaired) electrons. The Bertz CT molecular complexity index is 428. The van der Waals surface area contributed by atoms with Crippen LogP contribution in [-0.2, 0) is 24.2 Å². The van der Waals surface area contributed by atoms with Crippen LogP contribution in [0.1, 0.15) is 23.4 Å². The van der Waals surface area contributed by atoms with Crippen LogP contribution in [0, 0.1) is 11.3 Å². The fraction of sp³-hybridized carbons (Fsp3) is 0.444. The zero-order chi connectivity index (χ0) is 10.1. The summed E-state index contributed by atoms with van der Waals surface area (Å²) in [5.41, 5.74) is 2.25. The number of carbonyl (C=O) groups is 1. The van der Waals surface area contributed by atoms with E-state index in [1.54, 1.807) is 0 Å². The number of nitriles is 1. The van der Waals surface area contributed by atoms with Gasteiger partial charge in [0.1, 0.15) is 12.6 Å². The van der Waals surface area contributed by atoms with Gasteiger partial charge in [-0.2, -0.15) is 10.4 Å². The van der Waals surface area contributed by atoms with Gasteiger partial charge in [-0.15, -0.1) is 0 Å². The molecule has 0 bridgehead atoms. The van der Waals surface area contributed by atoms with E-state index in [9.17, 15) is 4.79 Å². The molecule has 0 aliphatic heterocycles. The zero-order valence-electron chi connectivity index (χ0n) is 7.53. The molecule has 0 unspecified atom stereocenters. The molecule has 0 saturated heterocycles. The summed E-state index contributed by atoms with van der Waals surface area (Å²) in [5, 5.41) is 21.4. The molecule has 72 valence electrons. The van der Waals surface area contributed by atoms with Gasteiger partial charge in [-0.1, -0.05) is 0 Å². The number of hydrogen-bond acceptors (Lipinski definition) is 3. The molecule has 0 amide bonds. The third-order valence-electron chi connectivity index (χ3n) is 2.40. The number of hydrogen-bond donors (Lipinski definition) is 1. The molecular weight excluding hydrogens is 182 g/mol. The summed E-state index contributed by atoms with van der Waals surface area (Å²) >= 11 is 0. The standard InChI is InChI=1S/C9H9N3O2/c10-4-7-6-2-1-3-8(6)12(11-7)5-9(13)14/h1-3,5H2,(H,13,14). The van der Waals surface area contributed by atoms with Gasteiger partial charge >= 0.3 is 5.97 Å². The topological polar surface area (TPSA) is 78.9 Å². The predicted octanol–water partition coefficient (Wildman–Crippen LogP) is 0.328. The number of aromatic nitrogens is 2. The summed E-state index contributed by atoms with van der Waals surface area (Å²) in [6.07, 6.45) is 2.66. The first-order valence-corrected chi connectivity index (χ1v) is 4.43. The molecule has 1 aromatic rings. The minimum atomic E-state index is -0.924. The van der Waals surface area contributed by atoms with E-state index < -0.39 is 5.97 Å². The summed E-state index contributed by atoms with van der Waals surface area (Å²) in [7, 11) is 0. The molecule has 1 N–H and O–H groups in total. The van der Waals surface area contributed by atoms with E-state index in [1.165, 1.54) is 4.68 Å². The lowest BCUT2D eigenvalue weighted by Gasteiger charge is -1.99. The van der Waals surface area contributed by atoms with Crippen molar-refractivity contribution < 1.29 is 9.90 Å². The molecule has 1 heterocycles. The smallest absolute Gasteiger partial charge is 0.325 e. The van der Waals surface area contributed by atoms with Crippen molar-refractivity contribution in [3.8, 4) is 6.07 Å². The largest absolute Gasteiger partial charge is 0.480 e. The Kier molecular flexibility index (Phi) is 1.97. The number of carboxylic acids is 1. The molecular formula is C9H9N3O2. The normalized spacial score (nSPS) is 13.6. The van der Waals surface area contributed by atoms with Crippen LogP contribution in [0.4, 0.5) is 0 Å². The van der Waals surface area contributed by atoms with Gasteiger partial charge in [0.05, 0.1) is 0 Å². The maximum atomic E-state index is 10.5. The maximum Gasteiger partial charge on any atom is 0.325 e. The van der Waals surface area contributed by atoms with Crippen molar-refractivity contribution in [1.82, 2.24) is 9.78 Å². The monoisotopic (exact) mass is 191 g/mol. The van der Waals surface area contributed by atoms with Crippen molar-refractivity contribution in [3.63, 3.8) is 0 Å². The van der Waals surface area contributed by atoms with Crippen LogP contribution in [0.15, 0.2) is 0 Å². The highest BCUT2D eigenvalue weighted by Crippen LogP contribution is 2.24. The third-order valence-corrected chi connectivity index (χ3v) is 2.40. The highest BCUT2D eigenvalue weighted by Gasteiger charge is 2.22. The zero-order valence-corrected chi connectivity index (χ0v) is 7.53. The van der Waals surface area contributed by atoms with Crippen LogP contribution in [0.3, 0.4) is 0 Å². The first-order valence-electron chi connectivity index (χ1n) is 4.43. The number of aliphatic carboxylic acids is 1. The molecule has 14 heavy (non-hydrogen) atoms. The van der Waals surface area contributed by atoms with E-state index in [-0.39, 0.29) is 6.54 Å². The highest BCUT2D eigenvalue weighted by atomic mass is 16.4. The van der Waals surface area contributed by atoms with E-state index in [0.717, 1.165) is 30.5 Å². The summed E-state index contributed by atoms with van der Waals surface area (Å²) in [6.45, 7) is -0.149. The quantitative estimate of drug-likeness (QED) is 0.730. The highest BCUT2D eigenvalue weighted by molar-refractivity contribution is 5.66. The van der Waals surface area contributed by atoms with Gasteiger partial charge in [0.2, 0.25) is 0 Å². The number of carboxylic acid groups (broad SMARTS) is 1. The minimum Gasteiger partial charge on any atom is -0.480 e. The fourth-order valence-electron chi connectivity index (χ4n) is 1.86. The lowest BCUT2D eigenvalue weighted by Crippen LogP contribution is -2.12. The van der Waals surface area contributed by atoms with Crippen molar-refractivity contribution in [3.05, 3.63) is 17.0 Å². The van der Waals surface area contributed by atoms with Gasteiger partial charge < -0.3 is 5.11 Å². The van der Waals surface area contributed by atoms with Gasteiger partial charge in [0.25, 0.3) is 0 Å². The first-order chi connectivity index (χ1) is 6.72. The molecule has 5 nitrogen and oxygen atoms in total. The second-order valence-corrected chi connectivity index (χ2v) is 3.29. The molecule has 5 heteroatoms. The second kappa shape index (κ2) is 3.14. The molecule has 1 aromatic heterocycles. The average molecular weight is 191 g/mol. The molecule has 0 fully saturated rings. The van der Waals surface area contributed by atoms with Gasteiger partial charge in [-0.3, -0.25) is 9.48 Å². The van der Waals surface area contributed by atoms with Gasteiger partial charge in [-0.05, 0) is 19.3 Å². The summed E-state index contributed by atoms with van der Waals surface area (Å²) in [5.74, 6) is -0.924. The van der Waals surface area contributed by atoms with Crippen molar-refractivity contribution in [1.29, 1.82) is 5.26 Å². The Balaban J connectivity index is 2.43. The van der Waals surface area contributed by atoms with E-state index >= 15 is 0 Å². The molecule has 2 rings (SSSR count). The summed E-state index contributed by atoms with van der Waals surface area (Å²) in [4.78, 5) is 10.5. The first kappa shape index (κ1) is 8.75. The van der Waals surface area contributed by atoms with Crippen LogP contribution in [0.2, 0.25) is 0 Å². The fourth-order valence-corrected chi connectivity index (χ4v) is 1.86. The van der Waals surface area contributed by atoms with Gasteiger partial charge in [0.15, 0.2) is 5.69 Å². The van der Waals surface area contributed by atoms with Crippen molar-refractivity contribution in [2.24, 2.45) is 0 Å². The predicted molar refractivity (Wildman–Crippen MR) is 46.6 cm³/mol. The lowest BCUT2D eigenvalue weighted by atomic mass is 10.2.